The molecule has 1 saturated heterocycles. The molecule has 1 aromatic carbocycles. The summed E-state index contributed by atoms with van der Waals surface area (Å²) in [4.78, 5) is 15.0. The van der Waals surface area contributed by atoms with E-state index in [1.807, 2.05) is 0 Å². The second-order valence-electron chi connectivity index (χ2n) is 7.38. The third kappa shape index (κ3) is 2.40. The zero-order chi connectivity index (χ0) is 16.1. The minimum atomic E-state index is 0.127. The normalized spacial score (nSPS) is 27.4. The molecular formula is C20H22N2OS. The molecule has 1 aromatic heterocycles. The number of benzene rings is 1. The number of fused-ring (bicyclic) bond motifs is 5. The summed E-state index contributed by atoms with van der Waals surface area (Å²) in [6.45, 7) is 1.06. The number of amides is 1. The van der Waals surface area contributed by atoms with Crippen LogP contribution in [0.15, 0.2) is 30.3 Å². The SMILES string of the molecule is O=C(NC1CCC2CC1CN2)c1cc2c(s1)-c1ccccc1CC2. The van der Waals surface area contributed by atoms with Gasteiger partial charge in [-0.05, 0) is 60.8 Å². The highest BCUT2D eigenvalue weighted by Gasteiger charge is 2.36. The minimum absolute atomic E-state index is 0.127. The van der Waals surface area contributed by atoms with Gasteiger partial charge in [0.25, 0.3) is 5.91 Å². The molecule has 2 aliphatic carbocycles. The third-order valence-corrected chi connectivity index (χ3v) is 7.14. The molecule has 3 aliphatic rings. The minimum Gasteiger partial charge on any atom is -0.348 e. The maximum absolute atomic E-state index is 12.8. The van der Waals surface area contributed by atoms with E-state index in [1.54, 1.807) is 11.3 Å². The van der Waals surface area contributed by atoms with Gasteiger partial charge >= 0.3 is 0 Å². The van der Waals surface area contributed by atoms with Crippen LogP contribution in [-0.2, 0) is 12.8 Å². The Hall–Kier alpha value is -1.65. The maximum atomic E-state index is 12.8. The summed E-state index contributed by atoms with van der Waals surface area (Å²) in [5.41, 5.74) is 4.08. The molecule has 0 radical (unpaired) electrons. The van der Waals surface area contributed by atoms with Gasteiger partial charge in [-0.2, -0.15) is 0 Å². The molecule has 2 heterocycles. The molecule has 2 N–H and O–H groups in total. The van der Waals surface area contributed by atoms with E-state index in [0.717, 1.165) is 30.7 Å². The van der Waals surface area contributed by atoms with Crippen LogP contribution in [0.3, 0.4) is 0 Å². The van der Waals surface area contributed by atoms with Gasteiger partial charge in [0.15, 0.2) is 0 Å². The Morgan fingerprint density at radius 1 is 1.17 bits per heavy atom. The van der Waals surface area contributed by atoms with Crippen molar-refractivity contribution in [2.75, 3.05) is 6.54 Å². The molecule has 3 unspecified atom stereocenters. The van der Waals surface area contributed by atoms with Crippen LogP contribution >= 0.6 is 11.3 Å². The van der Waals surface area contributed by atoms with E-state index in [1.165, 1.54) is 34.4 Å². The van der Waals surface area contributed by atoms with E-state index in [-0.39, 0.29) is 5.91 Å². The number of hydrogen-bond acceptors (Lipinski definition) is 3. The highest BCUT2D eigenvalue weighted by atomic mass is 32.1. The lowest BCUT2D eigenvalue weighted by atomic mass is 9.85. The lowest BCUT2D eigenvalue weighted by Crippen LogP contribution is -2.42. The van der Waals surface area contributed by atoms with Crippen LogP contribution in [0.5, 0.6) is 0 Å². The molecule has 3 atom stereocenters. The number of nitrogens with one attached hydrogen (secondary N) is 2. The van der Waals surface area contributed by atoms with Crippen molar-refractivity contribution in [3.8, 4) is 10.4 Å². The summed E-state index contributed by atoms with van der Waals surface area (Å²) in [6, 6.07) is 11.8. The topological polar surface area (TPSA) is 41.1 Å². The first-order valence-electron chi connectivity index (χ1n) is 9.03. The van der Waals surface area contributed by atoms with Gasteiger partial charge in [0, 0.05) is 23.5 Å². The second kappa shape index (κ2) is 5.71. The standard InChI is InChI=1S/C20H22N2OS/c23-20(22-17-8-7-15-9-14(17)11-21-15)18-10-13-6-5-12-3-1-2-4-16(12)19(13)24-18/h1-4,10,14-15,17,21H,5-9,11H2,(H,22,23). The number of carbonyl (C=O) groups excluding carboxylic acids is 1. The van der Waals surface area contributed by atoms with Crippen molar-refractivity contribution >= 4 is 17.2 Å². The van der Waals surface area contributed by atoms with Gasteiger partial charge in [0.2, 0.25) is 0 Å². The number of thiophene rings is 1. The summed E-state index contributed by atoms with van der Waals surface area (Å²) >= 11 is 1.67. The molecule has 124 valence electrons. The maximum Gasteiger partial charge on any atom is 0.261 e. The van der Waals surface area contributed by atoms with Gasteiger partial charge < -0.3 is 10.6 Å². The van der Waals surface area contributed by atoms with Crippen LogP contribution in [0.2, 0.25) is 0 Å². The van der Waals surface area contributed by atoms with E-state index in [4.69, 9.17) is 0 Å². The average Bonchev–Trinajstić information content (AvgIpc) is 3.22. The molecule has 2 fully saturated rings. The van der Waals surface area contributed by atoms with Gasteiger partial charge in [0.05, 0.1) is 4.88 Å². The van der Waals surface area contributed by atoms with Gasteiger partial charge in [-0.3, -0.25) is 4.79 Å². The fourth-order valence-corrected chi connectivity index (χ4v) is 5.78. The number of carbonyl (C=O) groups is 1. The largest absolute Gasteiger partial charge is 0.348 e. The molecule has 5 rings (SSSR count). The van der Waals surface area contributed by atoms with E-state index < -0.39 is 0 Å². The molecule has 2 aromatic rings. The first kappa shape index (κ1) is 14.7. The molecule has 2 bridgehead atoms. The molecule has 3 nitrogen and oxygen atoms in total. The predicted octanol–water partition coefficient (Wildman–Crippen LogP) is 3.38. The van der Waals surface area contributed by atoms with Gasteiger partial charge in [-0.15, -0.1) is 11.3 Å². The lowest BCUT2D eigenvalue weighted by molar-refractivity contribution is 0.0918. The quantitative estimate of drug-likeness (QED) is 0.881. The van der Waals surface area contributed by atoms with Crippen molar-refractivity contribution in [2.24, 2.45) is 5.92 Å². The number of hydrogen-bond donors (Lipinski definition) is 2. The summed E-state index contributed by atoms with van der Waals surface area (Å²) in [7, 11) is 0. The molecule has 1 amide bonds. The van der Waals surface area contributed by atoms with Crippen LogP contribution in [-0.4, -0.2) is 24.5 Å². The Bertz CT molecular complexity index is 797. The number of aryl methyl sites for hydroxylation is 2. The van der Waals surface area contributed by atoms with Crippen LogP contribution in [0, 0.1) is 5.92 Å². The summed E-state index contributed by atoms with van der Waals surface area (Å²) in [5.74, 6) is 0.741. The first-order chi connectivity index (χ1) is 11.8. The van der Waals surface area contributed by atoms with Gasteiger partial charge in [0.1, 0.15) is 0 Å². The van der Waals surface area contributed by atoms with Crippen molar-refractivity contribution in [3.05, 3.63) is 46.3 Å². The van der Waals surface area contributed by atoms with Crippen molar-refractivity contribution in [1.29, 1.82) is 0 Å². The first-order valence-corrected chi connectivity index (χ1v) is 9.85. The van der Waals surface area contributed by atoms with E-state index in [0.29, 0.717) is 18.0 Å². The third-order valence-electron chi connectivity index (χ3n) is 5.93. The van der Waals surface area contributed by atoms with Gasteiger partial charge in [-0.25, -0.2) is 0 Å². The molecule has 4 heteroatoms. The smallest absolute Gasteiger partial charge is 0.261 e. The van der Waals surface area contributed by atoms with E-state index in [2.05, 4.69) is 41.0 Å². The summed E-state index contributed by atoms with van der Waals surface area (Å²) in [6.07, 6.45) is 5.66. The molecule has 1 aliphatic heterocycles. The molecular weight excluding hydrogens is 316 g/mol. The predicted molar refractivity (Wildman–Crippen MR) is 97.5 cm³/mol. The van der Waals surface area contributed by atoms with Crippen LogP contribution in [0.1, 0.15) is 40.1 Å². The van der Waals surface area contributed by atoms with Crippen molar-refractivity contribution in [3.63, 3.8) is 0 Å². The van der Waals surface area contributed by atoms with Crippen LogP contribution in [0.4, 0.5) is 0 Å². The summed E-state index contributed by atoms with van der Waals surface area (Å²) in [5, 5.41) is 6.89. The van der Waals surface area contributed by atoms with Crippen LogP contribution in [0.25, 0.3) is 10.4 Å². The highest BCUT2D eigenvalue weighted by Crippen LogP contribution is 2.39. The van der Waals surface area contributed by atoms with Crippen molar-refractivity contribution in [1.82, 2.24) is 10.6 Å². The monoisotopic (exact) mass is 338 g/mol. The molecule has 24 heavy (non-hydrogen) atoms. The zero-order valence-electron chi connectivity index (χ0n) is 13.7. The second-order valence-corrected chi connectivity index (χ2v) is 8.43. The van der Waals surface area contributed by atoms with E-state index in [9.17, 15) is 4.79 Å². The average molecular weight is 338 g/mol. The Morgan fingerprint density at radius 3 is 3.00 bits per heavy atom. The lowest BCUT2D eigenvalue weighted by Gasteiger charge is -2.28. The Morgan fingerprint density at radius 2 is 2.04 bits per heavy atom. The van der Waals surface area contributed by atoms with Gasteiger partial charge in [-0.1, -0.05) is 24.3 Å². The molecule has 1 saturated carbocycles. The van der Waals surface area contributed by atoms with Crippen molar-refractivity contribution in [2.45, 2.75) is 44.2 Å². The van der Waals surface area contributed by atoms with Crippen LogP contribution < -0.4 is 10.6 Å². The van der Waals surface area contributed by atoms with Crippen molar-refractivity contribution < 1.29 is 4.79 Å². The molecule has 0 spiro atoms. The van der Waals surface area contributed by atoms with E-state index >= 15 is 0 Å². The zero-order valence-corrected chi connectivity index (χ0v) is 14.5. The Kier molecular flexibility index (Phi) is 3.49. The fraction of sp³-hybridized carbons (Fsp3) is 0.450. The number of rotatable bonds is 2. The summed E-state index contributed by atoms with van der Waals surface area (Å²) < 4.78 is 0. The Labute approximate surface area is 146 Å². The Balaban J connectivity index is 1.38. The highest BCUT2D eigenvalue weighted by molar-refractivity contribution is 7.17. The fourth-order valence-electron chi connectivity index (χ4n) is 4.61.